The average Bonchev–Trinajstić information content (AvgIpc) is 3.19. The lowest BCUT2D eigenvalue weighted by Gasteiger charge is -2.28. The van der Waals surface area contributed by atoms with E-state index < -0.39 is 24.1 Å². The third kappa shape index (κ3) is 5.75. The minimum Gasteiger partial charge on any atom is -0.480 e. The Hall–Kier alpha value is -2.94. The van der Waals surface area contributed by atoms with Crippen LogP contribution in [0.1, 0.15) is 23.1 Å². The molecule has 0 radical (unpaired) electrons. The van der Waals surface area contributed by atoms with Crippen molar-refractivity contribution in [2.75, 3.05) is 13.6 Å². The Morgan fingerprint density at radius 2 is 1.85 bits per heavy atom. The quantitative estimate of drug-likeness (QED) is 0.472. The number of fused-ring (bicyclic) bond motifs is 1. The highest BCUT2D eigenvalue weighted by atomic mass is 35.5. The lowest BCUT2D eigenvalue weighted by Crippen LogP contribution is -2.56. The predicted octanol–water partition coefficient (Wildman–Crippen LogP) is 1.36. The molecule has 0 spiro atoms. The minimum atomic E-state index is -0.908. The van der Waals surface area contributed by atoms with Crippen LogP contribution in [0.15, 0.2) is 48.5 Å². The molecule has 4 atom stereocenters. The lowest BCUT2D eigenvalue weighted by atomic mass is 9.95. The van der Waals surface area contributed by atoms with Gasteiger partial charge in [0.1, 0.15) is 12.1 Å². The molecular weight excluding hydrogens is 456 g/mol. The largest absolute Gasteiger partial charge is 0.480 e. The molecule has 9 heteroatoms. The maximum absolute atomic E-state index is 13.2. The van der Waals surface area contributed by atoms with E-state index in [0.29, 0.717) is 37.4 Å². The molecule has 0 saturated carbocycles. The number of benzene rings is 2. The molecular formula is C25H29ClN4O4. The number of nitrogens with one attached hydrogen (secondary N) is 3. The fourth-order valence-corrected chi connectivity index (χ4v) is 4.80. The number of likely N-dealkylation sites (N-methyl/N-ethyl adjacent to an activating group) is 1. The number of carboxylic acids is 1. The summed E-state index contributed by atoms with van der Waals surface area (Å²) < 4.78 is 0. The van der Waals surface area contributed by atoms with Gasteiger partial charge in [0, 0.05) is 30.6 Å². The summed E-state index contributed by atoms with van der Waals surface area (Å²) in [4.78, 5) is 39.5. The SMILES string of the molecule is CN1C[C@@H](NC(=O)[C@@H](Cc2ccc(Cl)cc2)NC(=O)[C@H]2Cc3ccccc3CN2)C[C@H]1C(=O)O. The van der Waals surface area contributed by atoms with Gasteiger partial charge in [-0.05, 0) is 48.7 Å². The van der Waals surface area contributed by atoms with Gasteiger partial charge in [0.15, 0.2) is 0 Å². The number of rotatable bonds is 7. The highest BCUT2D eigenvalue weighted by Gasteiger charge is 2.36. The van der Waals surface area contributed by atoms with Gasteiger partial charge in [0.05, 0.1) is 6.04 Å². The minimum absolute atomic E-state index is 0.240. The van der Waals surface area contributed by atoms with Crippen LogP contribution in [0.2, 0.25) is 5.02 Å². The Kier molecular flexibility index (Phi) is 7.50. The Bertz CT molecular complexity index is 1060. The average molecular weight is 485 g/mol. The van der Waals surface area contributed by atoms with E-state index in [2.05, 4.69) is 16.0 Å². The predicted molar refractivity (Wildman–Crippen MR) is 128 cm³/mol. The Morgan fingerprint density at radius 1 is 1.15 bits per heavy atom. The van der Waals surface area contributed by atoms with E-state index in [9.17, 15) is 19.5 Å². The first-order chi connectivity index (χ1) is 16.3. The number of hydrogen-bond donors (Lipinski definition) is 4. The van der Waals surface area contributed by atoms with Gasteiger partial charge in [-0.1, -0.05) is 48.0 Å². The first-order valence-electron chi connectivity index (χ1n) is 11.4. The number of carbonyl (C=O) groups excluding carboxylic acids is 2. The molecule has 2 amide bonds. The highest BCUT2D eigenvalue weighted by molar-refractivity contribution is 6.30. The second-order valence-electron chi connectivity index (χ2n) is 9.03. The summed E-state index contributed by atoms with van der Waals surface area (Å²) in [6.45, 7) is 1.03. The standard InChI is InChI=1S/C25H29ClN4O4/c1-30-14-19(12-22(30)25(33)34)28-24(32)21(10-15-6-8-18(26)9-7-15)29-23(31)20-11-16-4-2-3-5-17(16)13-27-20/h2-9,19-22,27H,10-14H2,1H3,(H,28,32)(H,29,31)(H,33,34)/t19-,20+,21+,22-/m0/s1. The van der Waals surface area contributed by atoms with Gasteiger partial charge in [0.2, 0.25) is 11.8 Å². The zero-order valence-electron chi connectivity index (χ0n) is 19.0. The Labute approximate surface area is 203 Å². The molecule has 0 unspecified atom stereocenters. The van der Waals surface area contributed by atoms with Gasteiger partial charge in [0.25, 0.3) is 0 Å². The van der Waals surface area contributed by atoms with Crippen LogP contribution >= 0.6 is 11.6 Å². The van der Waals surface area contributed by atoms with Crippen molar-refractivity contribution >= 4 is 29.4 Å². The first-order valence-corrected chi connectivity index (χ1v) is 11.8. The monoisotopic (exact) mass is 484 g/mol. The summed E-state index contributed by atoms with van der Waals surface area (Å²) in [5.74, 6) is -1.48. The van der Waals surface area contributed by atoms with Crippen LogP contribution < -0.4 is 16.0 Å². The van der Waals surface area contributed by atoms with Crippen LogP contribution in [0.3, 0.4) is 0 Å². The molecule has 0 aliphatic carbocycles. The van der Waals surface area contributed by atoms with Crippen molar-refractivity contribution in [3.05, 3.63) is 70.2 Å². The van der Waals surface area contributed by atoms with Crippen LogP contribution in [0, 0.1) is 0 Å². The Balaban J connectivity index is 1.45. The van der Waals surface area contributed by atoms with Gasteiger partial charge in [-0.3, -0.25) is 19.3 Å². The molecule has 34 heavy (non-hydrogen) atoms. The van der Waals surface area contributed by atoms with Gasteiger partial charge in [-0.2, -0.15) is 0 Å². The maximum Gasteiger partial charge on any atom is 0.320 e. The van der Waals surface area contributed by atoms with Crippen molar-refractivity contribution in [3.8, 4) is 0 Å². The fourth-order valence-electron chi connectivity index (χ4n) is 4.67. The Morgan fingerprint density at radius 3 is 2.53 bits per heavy atom. The summed E-state index contributed by atoms with van der Waals surface area (Å²) in [6, 6.07) is 13.0. The second kappa shape index (κ2) is 10.5. The van der Waals surface area contributed by atoms with Crippen molar-refractivity contribution in [3.63, 3.8) is 0 Å². The van der Waals surface area contributed by atoms with Gasteiger partial charge in [-0.15, -0.1) is 0 Å². The van der Waals surface area contributed by atoms with Crippen molar-refractivity contribution < 1.29 is 19.5 Å². The molecule has 4 rings (SSSR count). The summed E-state index contributed by atoms with van der Waals surface area (Å²) in [5.41, 5.74) is 3.15. The molecule has 4 N–H and O–H groups in total. The molecule has 0 aromatic heterocycles. The molecule has 0 bridgehead atoms. The first kappa shape index (κ1) is 24.2. The number of hydrogen-bond acceptors (Lipinski definition) is 5. The summed E-state index contributed by atoms with van der Waals surface area (Å²) in [7, 11) is 1.73. The van der Waals surface area contributed by atoms with E-state index in [4.69, 9.17) is 11.6 Å². The summed E-state index contributed by atoms with van der Waals surface area (Å²) >= 11 is 5.99. The molecule has 2 aliphatic rings. The van der Waals surface area contributed by atoms with Crippen LogP contribution in [-0.4, -0.2) is 65.5 Å². The normalized spacial score (nSPS) is 23.1. The number of aliphatic carboxylic acids is 1. The highest BCUT2D eigenvalue weighted by Crippen LogP contribution is 2.18. The third-order valence-electron chi connectivity index (χ3n) is 6.56. The number of nitrogens with zero attached hydrogens (tertiary/aromatic N) is 1. The van der Waals surface area contributed by atoms with Crippen LogP contribution in [0.25, 0.3) is 0 Å². The molecule has 1 saturated heterocycles. The lowest BCUT2D eigenvalue weighted by molar-refractivity contribution is -0.141. The van der Waals surface area contributed by atoms with E-state index in [1.807, 2.05) is 36.4 Å². The van der Waals surface area contributed by atoms with E-state index in [1.54, 1.807) is 24.1 Å². The van der Waals surface area contributed by atoms with Crippen molar-refractivity contribution in [2.45, 2.75) is 50.0 Å². The molecule has 1 fully saturated rings. The van der Waals surface area contributed by atoms with E-state index in [-0.39, 0.29) is 17.9 Å². The van der Waals surface area contributed by atoms with E-state index in [0.717, 1.165) is 11.1 Å². The molecule has 2 aromatic rings. The zero-order valence-corrected chi connectivity index (χ0v) is 19.7. The van der Waals surface area contributed by atoms with E-state index in [1.165, 1.54) is 5.56 Å². The second-order valence-corrected chi connectivity index (χ2v) is 9.47. The molecule has 2 heterocycles. The number of halogens is 1. The fraction of sp³-hybridized carbons (Fsp3) is 0.400. The third-order valence-corrected chi connectivity index (χ3v) is 6.82. The van der Waals surface area contributed by atoms with Crippen molar-refractivity contribution in [1.29, 1.82) is 0 Å². The van der Waals surface area contributed by atoms with Crippen LogP contribution in [0.5, 0.6) is 0 Å². The van der Waals surface area contributed by atoms with Crippen molar-refractivity contribution in [1.82, 2.24) is 20.9 Å². The zero-order chi connectivity index (χ0) is 24.2. The number of amides is 2. The van der Waals surface area contributed by atoms with Crippen LogP contribution in [-0.2, 0) is 33.8 Å². The summed E-state index contributed by atoms with van der Waals surface area (Å²) in [5, 5.41) is 19.1. The topological polar surface area (TPSA) is 111 Å². The van der Waals surface area contributed by atoms with Crippen molar-refractivity contribution in [2.24, 2.45) is 0 Å². The maximum atomic E-state index is 13.2. The van der Waals surface area contributed by atoms with Gasteiger partial charge >= 0.3 is 5.97 Å². The van der Waals surface area contributed by atoms with Gasteiger partial charge < -0.3 is 21.1 Å². The molecule has 8 nitrogen and oxygen atoms in total. The number of likely N-dealkylation sites (tertiary alicyclic amines) is 1. The number of carboxylic acid groups (broad SMARTS) is 1. The van der Waals surface area contributed by atoms with E-state index >= 15 is 0 Å². The molecule has 180 valence electrons. The molecule has 2 aromatic carbocycles. The number of carbonyl (C=O) groups is 3. The summed E-state index contributed by atoms with van der Waals surface area (Å²) in [6.07, 6.45) is 1.16. The van der Waals surface area contributed by atoms with Gasteiger partial charge in [-0.25, -0.2) is 0 Å². The smallest absolute Gasteiger partial charge is 0.320 e. The molecule has 2 aliphatic heterocycles. The van der Waals surface area contributed by atoms with Crippen LogP contribution in [0.4, 0.5) is 0 Å².